The fraction of sp³-hybridized carbons (Fsp3) is 0.767. The van der Waals surface area contributed by atoms with E-state index >= 15 is 0 Å². The first-order valence-corrected chi connectivity index (χ1v) is 14.6. The van der Waals surface area contributed by atoms with E-state index in [1.54, 1.807) is 7.11 Å². The fourth-order valence-corrected chi connectivity index (χ4v) is 6.79. The molecule has 4 rings (SSSR count). The molecule has 5 atom stereocenters. The van der Waals surface area contributed by atoms with Crippen LogP contribution in [0.5, 0.6) is 5.75 Å². The molecule has 1 heterocycles. The van der Waals surface area contributed by atoms with Crippen molar-refractivity contribution >= 4 is 5.91 Å². The normalized spacial score (nSPS) is 28.7. The standard InChI is InChI=1S/C30H48N2O5/c1-36-17-8-7-15-30(35,25-13-5-6-14-28(25)37-21-22-10-3-2-4-11-22)24-12-9-16-32(20-24)29(34)23-18-26(31)27(33)19-23/h5-6,13-14,22-24,26-27,33,35H,2-4,7-12,15-21,31H2,1H3/t23-,24?,26+,27-,30-/m0/s1. The molecule has 3 fully saturated rings. The van der Waals surface area contributed by atoms with Gasteiger partial charge < -0.3 is 30.3 Å². The first-order chi connectivity index (χ1) is 17.9. The number of aliphatic hydroxyl groups excluding tert-OH is 1. The third kappa shape index (κ3) is 7.05. The third-order valence-corrected chi connectivity index (χ3v) is 9.04. The number of hydrogen-bond acceptors (Lipinski definition) is 6. The average Bonchev–Trinajstić information content (AvgIpc) is 3.28. The van der Waals surface area contributed by atoms with Crippen LogP contribution in [0, 0.1) is 17.8 Å². The molecular formula is C30H48N2O5. The molecule has 1 aliphatic heterocycles. The highest BCUT2D eigenvalue weighted by Gasteiger charge is 2.44. The molecule has 4 N–H and O–H groups in total. The van der Waals surface area contributed by atoms with Crippen LogP contribution in [0.1, 0.15) is 82.6 Å². The van der Waals surface area contributed by atoms with Crippen molar-refractivity contribution < 1.29 is 24.5 Å². The molecule has 1 unspecified atom stereocenters. The summed E-state index contributed by atoms with van der Waals surface area (Å²) >= 11 is 0. The summed E-state index contributed by atoms with van der Waals surface area (Å²) in [6.07, 6.45) is 10.6. The lowest BCUT2D eigenvalue weighted by Gasteiger charge is -2.44. The summed E-state index contributed by atoms with van der Waals surface area (Å²) in [6.45, 7) is 2.56. The summed E-state index contributed by atoms with van der Waals surface area (Å²) in [4.78, 5) is 15.3. The van der Waals surface area contributed by atoms with Crippen LogP contribution in [-0.4, -0.2) is 66.6 Å². The van der Waals surface area contributed by atoms with E-state index in [1.807, 2.05) is 29.2 Å². The number of ether oxygens (including phenoxy) is 2. The minimum absolute atomic E-state index is 0.0697. The summed E-state index contributed by atoms with van der Waals surface area (Å²) in [7, 11) is 1.71. The minimum Gasteiger partial charge on any atom is -0.493 e. The Kier molecular flexibility index (Phi) is 10.3. The Labute approximate surface area is 222 Å². The zero-order valence-corrected chi connectivity index (χ0v) is 22.7. The van der Waals surface area contributed by atoms with E-state index in [2.05, 4.69) is 0 Å². The van der Waals surface area contributed by atoms with Crippen LogP contribution in [0.4, 0.5) is 0 Å². The number of carbonyl (C=O) groups is 1. The van der Waals surface area contributed by atoms with Crippen molar-refractivity contribution in [1.29, 1.82) is 0 Å². The van der Waals surface area contributed by atoms with Crippen molar-refractivity contribution in [3.63, 3.8) is 0 Å². The Morgan fingerprint density at radius 2 is 1.89 bits per heavy atom. The number of rotatable bonds is 11. The molecule has 1 aromatic carbocycles. The van der Waals surface area contributed by atoms with Crippen LogP contribution in [0.25, 0.3) is 0 Å². The van der Waals surface area contributed by atoms with Crippen molar-refractivity contribution in [2.75, 3.05) is 33.4 Å². The first-order valence-electron chi connectivity index (χ1n) is 14.6. The van der Waals surface area contributed by atoms with Gasteiger partial charge in [0, 0.05) is 50.2 Å². The predicted molar refractivity (Wildman–Crippen MR) is 144 cm³/mol. The summed E-state index contributed by atoms with van der Waals surface area (Å²) in [5, 5.41) is 22.6. The smallest absolute Gasteiger partial charge is 0.225 e. The topological polar surface area (TPSA) is 105 Å². The molecule has 1 aromatic rings. The van der Waals surface area contributed by atoms with Gasteiger partial charge in [0.25, 0.3) is 0 Å². The van der Waals surface area contributed by atoms with Gasteiger partial charge in [-0.2, -0.15) is 0 Å². The maximum atomic E-state index is 13.4. The number of amides is 1. The Morgan fingerprint density at radius 1 is 1.11 bits per heavy atom. The van der Waals surface area contributed by atoms with Gasteiger partial charge in [0.05, 0.1) is 18.3 Å². The highest BCUT2D eigenvalue weighted by atomic mass is 16.5. The van der Waals surface area contributed by atoms with E-state index < -0.39 is 11.7 Å². The maximum Gasteiger partial charge on any atom is 0.225 e. The molecule has 1 amide bonds. The highest BCUT2D eigenvalue weighted by Crippen LogP contribution is 2.44. The second-order valence-corrected chi connectivity index (χ2v) is 11.7. The zero-order valence-electron chi connectivity index (χ0n) is 22.7. The van der Waals surface area contributed by atoms with Crippen LogP contribution in [0.3, 0.4) is 0 Å². The molecule has 7 nitrogen and oxygen atoms in total. The molecule has 208 valence electrons. The van der Waals surface area contributed by atoms with E-state index in [-0.39, 0.29) is 23.8 Å². The Bertz CT molecular complexity index is 850. The number of carbonyl (C=O) groups excluding carboxylic acids is 1. The SMILES string of the molecule is COCCCC[C@@](O)(c1ccccc1OCC1CCCCC1)C1CCCN(C(=O)[C@H]2C[C@@H](N)[C@@H](O)C2)C1. The van der Waals surface area contributed by atoms with Gasteiger partial charge in [-0.15, -0.1) is 0 Å². The minimum atomic E-state index is -1.10. The van der Waals surface area contributed by atoms with E-state index in [0.717, 1.165) is 37.0 Å². The molecule has 7 heteroatoms. The van der Waals surface area contributed by atoms with Gasteiger partial charge in [-0.05, 0) is 69.8 Å². The number of benzene rings is 1. The molecule has 0 radical (unpaired) electrons. The Balaban J connectivity index is 1.52. The molecule has 2 saturated carbocycles. The number of hydrogen-bond donors (Lipinski definition) is 3. The van der Waals surface area contributed by atoms with Crippen molar-refractivity contribution in [2.24, 2.45) is 23.5 Å². The largest absolute Gasteiger partial charge is 0.493 e. The van der Waals surface area contributed by atoms with Gasteiger partial charge in [-0.1, -0.05) is 37.5 Å². The highest BCUT2D eigenvalue weighted by molar-refractivity contribution is 5.79. The van der Waals surface area contributed by atoms with Crippen LogP contribution in [0.2, 0.25) is 0 Å². The predicted octanol–water partition coefficient (Wildman–Crippen LogP) is 3.99. The molecule has 3 aliphatic rings. The molecule has 0 aromatic heterocycles. The second-order valence-electron chi connectivity index (χ2n) is 11.7. The number of methoxy groups -OCH3 is 1. The molecule has 1 saturated heterocycles. The molecule has 37 heavy (non-hydrogen) atoms. The van der Waals surface area contributed by atoms with Gasteiger partial charge in [0.2, 0.25) is 5.91 Å². The Hall–Kier alpha value is -1.67. The van der Waals surface area contributed by atoms with E-state index in [9.17, 15) is 15.0 Å². The first kappa shape index (κ1) is 28.3. The van der Waals surface area contributed by atoms with E-state index in [0.29, 0.717) is 51.5 Å². The van der Waals surface area contributed by atoms with Gasteiger partial charge >= 0.3 is 0 Å². The van der Waals surface area contributed by atoms with Crippen LogP contribution in [0.15, 0.2) is 24.3 Å². The number of likely N-dealkylation sites (tertiary alicyclic amines) is 1. The lowest BCUT2D eigenvalue weighted by molar-refractivity contribution is -0.141. The van der Waals surface area contributed by atoms with Crippen LogP contribution < -0.4 is 10.5 Å². The monoisotopic (exact) mass is 516 g/mol. The number of aliphatic hydroxyl groups is 2. The zero-order chi connectivity index (χ0) is 26.3. The number of nitrogens with two attached hydrogens (primary N) is 1. The number of nitrogens with zero attached hydrogens (tertiary/aromatic N) is 1. The van der Waals surface area contributed by atoms with Gasteiger partial charge in [-0.25, -0.2) is 0 Å². The summed E-state index contributed by atoms with van der Waals surface area (Å²) < 4.78 is 11.7. The van der Waals surface area contributed by atoms with Crippen LogP contribution >= 0.6 is 0 Å². The van der Waals surface area contributed by atoms with Gasteiger partial charge in [-0.3, -0.25) is 4.79 Å². The average molecular weight is 517 g/mol. The third-order valence-electron chi connectivity index (χ3n) is 9.04. The van der Waals surface area contributed by atoms with Crippen molar-refractivity contribution in [3.8, 4) is 5.75 Å². The Morgan fingerprint density at radius 3 is 2.62 bits per heavy atom. The quantitative estimate of drug-likeness (QED) is 0.384. The van der Waals surface area contributed by atoms with Crippen molar-refractivity contribution in [1.82, 2.24) is 4.90 Å². The number of unbranched alkanes of at least 4 members (excludes halogenated alkanes) is 1. The summed E-state index contributed by atoms with van der Waals surface area (Å²) in [6, 6.07) is 7.64. The lowest BCUT2D eigenvalue weighted by atomic mass is 9.73. The van der Waals surface area contributed by atoms with Crippen molar-refractivity contribution in [3.05, 3.63) is 29.8 Å². The van der Waals surface area contributed by atoms with E-state index in [4.69, 9.17) is 15.2 Å². The fourth-order valence-electron chi connectivity index (χ4n) is 6.79. The van der Waals surface area contributed by atoms with Crippen molar-refractivity contribution in [2.45, 2.75) is 94.8 Å². The van der Waals surface area contributed by atoms with Crippen LogP contribution in [-0.2, 0) is 15.1 Å². The summed E-state index contributed by atoms with van der Waals surface area (Å²) in [5.74, 6) is 1.10. The van der Waals surface area contributed by atoms with E-state index in [1.165, 1.54) is 32.1 Å². The number of piperidine rings is 1. The van der Waals surface area contributed by atoms with Gasteiger partial charge in [0.15, 0.2) is 0 Å². The molecule has 0 spiro atoms. The molecular weight excluding hydrogens is 468 g/mol. The molecule has 0 bridgehead atoms. The second kappa shape index (κ2) is 13.4. The summed E-state index contributed by atoms with van der Waals surface area (Å²) in [5.41, 5.74) is 5.75. The number of para-hydroxylation sites is 1. The lowest BCUT2D eigenvalue weighted by Crippen LogP contribution is -2.49. The van der Waals surface area contributed by atoms with Gasteiger partial charge in [0.1, 0.15) is 5.75 Å². The molecule has 2 aliphatic carbocycles. The maximum absolute atomic E-state index is 13.4.